The third-order valence-corrected chi connectivity index (χ3v) is 3.86. The van der Waals surface area contributed by atoms with Crippen LogP contribution in [0.15, 0.2) is 24.3 Å². The quantitative estimate of drug-likeness (QED) is 0.759. The SMILES string of the molecule is CCOc1cc(/C=C/C(=O)NC2CCCCC2)ccc1OC(F)F. The maximum atomic E-state index is 12.4. The van der Waals surface area contributed by atoms with E-state index in [0.29, 0.717) is 12.2 Å². The smallest absolute Gasteiger partial charge is 0.387 e. The lowest BCUT2D eigenvalue weighted by Gasteiger charge is -2.21. The van der Waals surface area contributed by atoms with Crippen molar-refractivity contribution < 1.29 is 23.0 Å². The lowest BCUT2D eigenvalue weighted by Crippen LogP contribution is -2.34. The fraction of sp³-hybridized carbons (Fsp3) is 0.500. The van der Waals surface area contributed by atoms with E-state index in [9.17, 15) is 13.6 Å². The van der Waals surface area contributed by atoms with Gasteiger partial charge in [0.1, 0.15) is 0 Å². The minimum absolute atomic E-state index is 0.0179. The number of carbonyl (C=O) groups is 1. The highest BCUT2D eigenvalue weighted by atomic mass is 19.3. The summed E-state index contributed by atoms with van der Waals surface area (Å²) in [6.45, 7) is -0.826. The highest BCUT2D eigenvalue weighted by molar-refractivity contribution is 5.92. The minimum Gasteiger partial charge on any atom is -0.490 e. The van der Waals surface area contributed by atoms with Gasteiger partial charge in [-0.15, -0.1) is 0 Å². The number of benzene rings is 1. The van der Waals surface area contributed by atoms with Crippen molar-refractivity contribution in [1.82, 2.24) is 5.32 Å². The van der Waals surface area contributed by atoms with E-state index in [1.807, 2.05) is 0 Å². The largest absolute Gasteiger partial charge is 0.490 e. The summed E-state index contributed by atoms with van der Waals surface area (Å²) >= 11 is 0. The molecule has 0 saturated heterocycles. The summed E-state index contributed by atoms with van der Waals surface area (Å²) in [5.74, 6) is 0.0658. The van der Waals surface area contributed by atoms with E-state index in [1.165, 1.54) is 18.6 Å². The van der Waals surface area contributed by atoms with Crippen molar-refractivity contribution in [2.45, 2.75) is 51.7 Å². The van der Waals surface area contributed by atoms with Gasteiger partial charge in [0.2, 0.25) is 5.91 Å². The van der Waals surface area contributed by atoms with Crippen molar-refractivity contribution >= 4 is 12.0 Å². The van der Waals surface area contributed by atoms with Crippen LogP contribution in [0.25, 0.3) is 6.08 Å². The first-order valence-corrected chi connectivity index (χ1v) is 8.28. The van der Waals surface area contributed by atoms with Crippen LogP contribution in [0.4, 0.5) is 8.78 Å². The lowest BCUT2D eigenvalue weighted by atomic mass is 9.95. The Balaban J connectivity index is 1.99. The van der Waals surface area contributed by atoms with Crippen LogP contribution in [0, 0.1) is 0 Å². The maximum absolute atomic E-state index is 12.4. The molecule has 2 rings (SSSR count). The molecule has 132 valence electrons. The molecule has 4 nitrogen and oxygen atoms in total. The van der Waals surface area contributed by atoms with Crippen molar-refractivity contribution in [1.29, 1.82) is 0 Å². The van der Waals surface area contributed by atoms with E-state index in [0.717, 1.165) is 25.7 Å². The van der Waals surface area contributed by atoms with Crippen LogP contribution >= 0.6 is 0 Å². The highest BCUT2D eigenvalue weighted by Gasteiger charge is 2.14. The molecule has 0 radical (unpaired) electrons. The number of halogens is 2. The third-order valence-electron chi connectivity index (χ3n) is 3.86. The molecule has 1 aliphatic carbocycles. The van der Waals surface area contributed by atoms with Gasteiger partial charge < -0.3 is 14.8 Å². The van der Waals surface area contributed by atoms with Crippen molar-refractivity contribution in [3.8, 4) is 11.5 Å². The number of hydrogen-bond donors (Lipinski definition) is 1. The highest BCUT2D eigenvalue weighted by Crippen LogP contribution is 2.30. The Morgan fingerprint density at radius 2 is 2.04 bits per heavy atom. The van der Waals surface area contributed by atoms with Gasteiger partial charge in [-0.05, 0) is 43.5 Å². The predicted molar refractivity (Wildman–Crippen MR) is 88.3 cm³/mol. The molecule has 1 aromatic carbocycles. The Morgan fingerprint density at radius 3 is 2.71 bits per heavy atom. The van der Waals surface area contributed by atoms with E-state index in [4.69, 9.17) is 4.74 Å². The van der Waals surface area contributed by atoms with Crippen molar-refractivity contribution in [2.75, 3.05) is 6.61 Å². The summed E-state index contributed by atoms with van der Waals surface area (Å²) in [5.41, 5.74) is 0.680. The van der Waals surface area contributed by atoms with Crippen LogP contribution in [0.3, 0.4) is 0 Å². The first-order valence-electron chi connectivity index (χ1n) is 8.28. The molecule has 0 aliphatic heterocycles. The van der Waals surface area contributed by atoms with E-state index >= 15 is 0 Å². The van der Waals surface area contributed by atoms with E-state index in [1.54, 1.807) is 25.1 Å². The molecule has 1 aromatic rings. The molecule has 1 amide bonds. The molecule has 1 N–H and O–H groups in total. The molecule has 1 saturated carbocycles. The second-order valence-electron chi connectivity index (χ2n) is 5.69. The number of hydrogen-bond acceptors (Lipinski definition) is 3. The summed E-state index contributed by atoms with van der Waals surface area (Å²) in [4.78, 5) is 12.0. The molecular weight excluding hydrogens is 316 g/mol. The normalized spacial score (nSPS) is 15.7. The van der Waals surface area contributed by atoms with Gasteiger partial charge in [0, 0.05) is 12.1 Å². The zero-order valence-corrected chi connectivity index (χ0v) is 13.8. The molecule has 1 aliphatic rings. The Labute approximate surface area is 140 Å². The summed E-state index contributed by atoms with van der Waals surface area (Å²) in [6, 6.07) is 4.84. The van der Waals surface area contributed by atoms with Gasteiger partial charge in [-0.1, -0.05) is 25.3 Å². The number of alkyl halides is 2. The molecule has 24 heavy (non-hydrogen) atoms. The number of ether oxygens (including phenoxy) is 2. The fourth-order valence-corrected chi connectivity index (χ4v) is 2.76. The number of amides is 1. The average Bonchev–Trinajstić information content (AvgIpc) is 2.56. The molecule has 6 heteroatoms. The van der Waals surface area contributed by atoms with Crippen LogP contribution in [-0.4, -0.2) is 25.2 Å². The standard InChI is InChI=1S/C18H23F2NO3/c1-2-23-16-12-13(8-10-15(16)24-18(19)20)9-11-17(22)21-14-6-4-3-5-7-14/h8-12,14,18H,2-7H2,1H3,(H,21,22)/b11-9+. The zero-order chi connectivity index (χ0) is 17.4. The van der Waals surface area contributed by atoms with Crippen LogP contribution in [0.2, 0.25) is 0 Å². The number of carbonyl (C=O) groups excluding carboxylic acids is 1. The van der Waals surface area contributed by atoms with Crippen LogP contribution in [0.1, 0.15) is 44.6 Å². The molecule has 0 aromatic heterocycles. The second-order valence-corrected chi connectivity index (χ2v) is 5.69. The number of rotatable bonds is 7. The number of nitrogens with one attached hydrogen (secondary N) is 1. The molecule has 1 fully saturated rings. The molecule has 0 unspecified atom stereocenters. The van der Waals surface area contributed by atoms with Gasteiger partial charge in [-0.25, -0.2) is 0 Å². The van der Waals surface area contributed by atoms with E-state index in [2.05, 4.69) is 10.1 Å². The van der Waals surface area contributed by atoms with E-state index in [-0.39, 0.29) is 23.4 Å². The first kappa shape index (κ1) is 18.2. The van der Waals surface area contributed by atoms with Gasteiger partial charge in [-0.3, -0.25) is 4.79 Å². The lowest BCUT2D eigenvalue weighted by molar-refractivity contribution is -0.117. The molecular formula is C18H23F2NO3. The second kappa shape index (κ2) is 9.25. The maximum Gasteiger partial charge on any atom is 0.387 e. The van der Waals surface area contributed by atoms with Crippen molar-refractivity contribution in [2.24, 2.45) is 0 Å². The van der Waals surface area contributed by atoms with Gasteiger partial charge in [0.05, 0.1) is 6.61 Å². The van der Waals surface area contributed by atoms with Crippen molar-refractivity contribution in [3.05, 3.63) is 29.8 Å². The summed E-state index contributed by atoms with van der Waals surface area (Å²) < 4.78 is 34.5. The summed E-state index contributed by atoms with van der Waals surface area (Å²) in [7, 11) is 0. The molecule has 0 atom stereocenters. The Kier molecular flexibility index (Phi) is 7.03. The van der Waals surface area contributed by atoms with Gasteiger partial charge in [0.25, 0.3) is 0 Å². The third kappa shape index (κ3) is 5.83. The van der Waals surface area contributed by atoms with E-state index < -0.39 is 6.61 Å². The first-order chi connectivity index (χ1) is 11.6. The monoisotopic (exact) mass is 339 g/mol. The average molecular weight is 339 g/mol. The van der Waals surface area contributed by atoms with Crippen molar-refractivity contribution in [3.63, 3.8) is 0 Å². The van der Waals surface area contributed by atoms with Crippen LogP contribution in [0.5, 0.6) is 11.5 Å². The Hall–Kier alpha value is -2.11. The fourth-order valence-electron chi connectivity index (χ4n) is 2.76. The Bertz CT molecular complexity index is 569. The predicted octanol–water partition coefficient (Wildman–Crippen LogP) is 4.15. The van der Waals surface area contributed by atoms with Gasteiger partial charge >= 0.3 is 6.61 Å². The van der Waals surface area contributed by atoms with Gasteiger partial charge in [0.15, 0.2) is 11.5 Å². The topological polar surface area (TPSA) is 47.6 Å². The summed E-state index contributed by atoms with van der Waals surface area (Å²) in [5, 5.41) is 2.99. The van der Waals surface area contributed by atoms with Gasteiger partial charge in [-0.2, -0.15) is 8.78 Å². The molecule has 0 bridgehead atoms. The molecule has 0 spiro atoms. The van der Waals surface area contributed by atoms with Crippen LogP contribution in [-0.2, 0) is 4.79 Å². The zero-order valence-electron chi connectivity index (χ0n) is 13.8. The van der Waals surface area contributed by atoms with Crippen LogP contribution < -0.4 is 14.8 Å². The Morgan fingerprint density at radius 1 is 1.29 bits per heavy atom. The molecule has 0 heterocycles. The summed E-state index contributed by atoms with van der Waals surface area (Å²) in [6.07, 6.45) is 8.66. The minimum atomic E-state index is -2.91.